The number of aryl methyl sites for hydroxylation is 1. The van der Waals surface area contributed by atoms with Gasteiger partial charge in [-0.1, -0.05) is 219 Å². The zero-order chi connectivity index (χ0) is 59.9. The van der Waals surface area contributed by atoms with Crippen LogP contribution in [0.25, 0.3) is 61.0 Å². The van der Waals surface area contributed by atoms with Gasteiger partial charge in [0.25, 0.3) is 0 Å². The van der Waals surface area contributed by atoms with Crippen molar-refractivity contribution in [1.82, 2.24) is 9.55 Å². The molecule has 0 amide bonds. The first-order chi connectivity index (χ1) is 41.8. The second-order valence-electron chi connectivity index (χ2n) is 25.8. The molecule has 3 aliphatic rings. The Balaban J connectivity index is 0.901. The minimum atomic E-state index is -2.28. The maximum atomic E-state index is 8.19. The summed E-state index contributed by atoms with van der Waals surface area (Å²) in [5.74, 6) is 1.86. The first kappa shape index (κ1) is 48.1. The van der Waals surface area contributed by atoms with Crippen molar-refractivity contribution in [2.75, 3.05) is 16.5 Å². The van der Waals surface area contributed by atoms with Gasteiger partial charge >= 0.3 is 0 Å². The Labute approximate surface area is 498 Å². The fourth-order valence-corrected chi connectivity index (χ4v) is 14.3. The quantitative estimate of drug-likeness (QED) is 0.159. The van der Waals surface area contributed by atoms with Crippen LogP contribution in [-0.2, 0) is 21.7 Å². The highest BCUT2D eigenvalue weighted by Gasteiger charge is 2.54. The van der Waals surface area contributed by atoms with Gasteiger partial charge in [-0.25, -0.2) is 4.98 Å². The third kappa shape index (κ3) is 7.78. The van der Waals surface area contributed by atoms with E-state index in [4.69, 9.17) is 13.8 Å². The topological polar surface area (TPSA) is 33.5 Å². The van der Waals surface area contributed by atoms with Crippen molar-refractivity contribution in [3.05, 3.63) is 287 Å². The molecule has 0 radical (unpaired) electrons. The second kappa shape index (κ2) is 18.8. The molecular formula is C79H68N4O. The first-order valence-electron chi connectivity index (χ1n) is 31.0. The number of hydrogen-bond donors (Lipinski definition) is 0. The van der Waals surface area contributed by atoms with E-state index in [1.807, 2.05) is 41.0 Å². The molecule has 15 rings (SSSR count). The summed E-state index contributed by atoms with van der Waals surface area (Å²) < 4.78 is 33.5. The summed E-state index contributed by atoms with van der Waals surface area (Å²) in [5.41, 5.74) is 23.2. The third-order valence-electron chi connectivity index (χ3n) is 18.4. The van der Waals surface area contributed by atoms with Gasteiger partial charge in [-0.15, -0.1) is 0 Å². The first-order valence-corrected chi connectivity index (χ1v) is 29.5. The molecule has 0 atom stereocenters. The lowest BCUT2D eigenvalue weighted by Gasteiger charge is -2.46. The Morgan fingerprint density at radius 2 is 1.04 bits per heavy atom. The molecule has 10 aromatic carbocycles. The van der Waals surface area contributed by atoms with Crippen LogP contribution in [0, 0.1) is 6.85 Å². The molecule has 84 heavy (non-hydrogen) atoms. The van der Waals surface area contributed by atoms with E-state index in [9.17, 15) is 0 Å². The summed E-state index contributed by atoms with van der Waals surface area (Å²) in [6.07, 6.45) is 1.57. The third-order valence-corrected chi connectivity index (χ3v) is 18.4. The van der Waals surface area contributed by atoms with E-state index >= 15 is 0 Å². The molecule has 5 heteroatoms. The van der Waals surface area contributed by atoms with Crippen LogP contribution in [0.2, 0.25) is 0 Å². The average molecular weight is 1090 g/mol. The van der Waals surface area contributed by atoms with Crippen LogP contribution in [0.15, 0.2) is 237 Å². The molecule has 3 heterocycles. The average Bonchev–Trinajstić information content (AvgIpc) is 1.59. The van der Waals surface area contributed by atoms with Crippen molar-refractivity contribution in [1.29, 1.82) is 0 Å². The maximum Gasteiger partial charge on any atom is 0.137 e. The highest BCUT2D eigenvalue weighted by molar-refractivity contribution is 6.10. The smallest absolute Gasteiger partial charge is 0.137 e. The van der Waals surface area contributed by atoms with Crippen LogP contribution in [0.5, 0.6) is 11.5 Å². The van der Waals surface area contributed by atoms with Crippen LogP contribution >= 0.6 is 0 Å². The van der Waals surface area contributed by atoms with E-state index in [-0.39, 0.29) is 21.8 Å². The van der Waals surface area contributed by atoms with Crippen molar-refractivity contribution in [2.24, 2.45) is 0 Å². The predicted molar refractivity (Wildman–Crippen MR) is 350 cm³/mol. The number of aromatic nitrogens is 2. The predicted octanol–water partition coefficient (Wildman–Crippen LogP) is 20.5. The van der Waals surface area contributed by atoms with Crippen LogP contribution in [0.4, 0.5) is 22.7 Å². The lowest BCUT2D eigenvalue weighted by Crippen LogP contribution is -2.40. The number of para-hydroxylation sites is 4. The molecule has 0 bridgehead atoms. The normalized spacial score (nSPS) is 15.3. The van der Waals surface area contributed by atoms with E-state index in [2.05, 4.69) is 247 Å². The van der Waals surface area contributed by atoms with Gasteiger partial charge in [0.15, 0.2) is 0 Å². The van der Waals surface area contributed by atoms with E-state index in [0.717, 1.165) is 50.1 Å². The Morgan fingerprint density at radius 1 is 0.464 bits per heavy atom. The number of fused-ring (bicyclic) bond motifs is 13. The van der Waals surface area contributed by atoms with Crippen LogP contribution < -0.4 is 14.5 Å². The minimum absolute atomic E-state index is 0.105. The number of nitrogens with zero attached hydrogens (tertiary/aromatic N) is 4. The summed E-state index contributed by atoms with van der Waals surface area (Å²) in [5, 5.41) is 2.05. The highest BCUT2D eigenvalue weighted by atomic mass is 16.5. The number of pyridine rings is 1. The molecule has 0 saturated carbocycles. The van der Waals surface area contributed by atoms with Gasteiger partial charge in [-0.2, -0.15) is 0 Å². The van der Waals surface area contributed by atoms with Crippen molar-refractivity contribution in [2.45, 2.75) is 83.9 Å². The number of hydrogen-bond acceptors (Lipinski definition) is 4. The van der Waals surface area contributed by atoms with Gasteiger partial charge in [0.1, 0.15) is 24.0 Å². The monoisotopic (exact) mass is 1090 g/mol. The van der Waals surface area contributed by atoms with E-state index in [0.29, 0.717) is 24.0 Å². The van der Waals surface area contributed by atoms with Gasteiger partial charge < -0.3 is 14.5 Å². The molecule has 410 valence electrons. The van der Waals surface area contributed by atoms with E-state index < -0.39 is 12.3 Å². The summed E-state index contributed by atoms with van der Waals surface area (Å²) >= 11 is 0. The largest absolute Gasteiger partial charge is 0.457 e. The van der Waals surface area contributed by atoms with Crippen LogP contribution in [0.1, 0.15) is 110 Å². The summed E-state index contributed by atoms with van der Waals surface area (Å²) in [6, 6.07) is 83.7. The molecule has 12 aromatic rings. The van der Waals surface area contributed by atoms with E-state index in [1.165, 1.54) is 72.3 Å². The second-order valence-corrected chi connectivity index (χ2v) is 25.8. The summed E-state index contributed by atoms with van der Waals surface area (Å²) in [4.78, 5) is 9.68. The highest BCUT2D eigenvalue weighted by Crippen LogP contribution is 2.64. The Bertz CT molecular complexity index is 4700. The lowest BCUT2D eigenvalue weighted by molar-refractivity contribution is 0.483. The molecule has 0 N–H and O–H groups in total. The lowest BCUT2D eigenvalue weighted by atomic mass is 9.55. The number of ether oxygens (including phenoxy) is 1. The standard InChI is InChI=1S/C79H68N4O/c1-50-41-42-80-73(43-50)83-69-36-17-11-25-58(69)59-40-39-56(48-72(59)83)84-55-24-20-23-54(47-55)81-49-82(71-38-19-18-37-70(71)81)75-57(51-44-52(76(2,3)4)46-53(45-51)77(5,6)7)27-21-29-61(75)60-28-22-35-68-74(60)62-26-10-12-30-63(62)79(68)66-33-15-13-31-64(66)78(8,9)65-32-14-16-34-67(65)79/h10-48H,49H2,1-9H3/i1D3. The number of anilines is 4. The van der Waals surface area contributed by atoms with Gasteiger partial charge in [0.2, 0.25) is 0 Å². The van der Waals surface area contributed by atoms with Crippen molar-refractivity contribution in [3.63, 3.8) is 0 Å². The van der Waals surface area contributed by atoms with Crippen molar-refractivity contribution < 1.29 is 8.85 Å². The molecule has 1 spiro atoms. The van der Waals surface area contributed by atoms with Crippen molar-refractivity contribution >= 4 is 44.6 Å². The van der Waals surface area contributed by atoms with Gasteiger partial charge in [-0.3, -0.25) is 4.57 Å². The fourth-order valence-electron chi connectivity index (χ4n) is 14.3. The Kier molecular flexibility index (Phi) is 10.8. The fraction of sp³-hybridized carbons (Fsp3) is 0.177. The SMILES string of the molecule is [2H]C([2H])([2H])c1ccnc(-n2c3ccccc3c3ccc(Oc4cccc(N5CN(c6c(-c7cc(C(C)(C)C)cc(C(C)(C)C)c7)cccc6-c6cccc7c6-c6ccccc6C76c7ccccc7C(C)(C)c7ccccc76)c6ccccc65)c4)cc32)c1. The molecule has 0 unspecified atom stereocenters. The van der Waals surface area contributed by atoms with Crippen LogP contribution in [0.3, 0.4) is 0 Å². The molecule has 0 saturated heterocycles. The number of rotatable bonds is 7. The zero-order valence-electron chi connectivity index (χ0n) is 51.9. The Morgan fingerprint density at radius 3 is 1.76 bits per heavy atom. The molecule has 1 aliphatic heterocycles. The maximum absolute atomic E-state index is 8.19. The van der Waals surface area contributed by atoms with Gasteiger partial charge in [0, 0.05) is 55.4 Å². The zero-order valence-corrected chi connectivity index (χ0v) is 48.9. The molecule has 5 nitrogen and oxygen atoms in total. The molecule has 2 aliphatic carbocycles. The number of benzene rings is 10. The summed E-state index contributed by atoms with van der Waals surface area (Å²) in [7, 11) is 0. The van der Waals surface area contributed by atoms with Crippen molar-refractivity contribution in [3.8, 4) is 50.7 Å². The van der Waals surface area contributed by atoms with Crippen LogP contribution in [-0.4, -0.2) is 16.2 Å². The Hall–Kier alpha value is -9.45. The molecule has 0 fully saturated rings. The molecule has 2 aromatic heterocycles. The molecular weight excluding hydrogens is 1020 g/mol. The van der Waals surface area contributed by atoms with Gasteiger partial charge in [-0.05, 0) is 145 Å². The minimum Gasteiger partial charge on any atom is -0.457 e. The van der Waals surface area contributed by atoms with E-state index in [1.54, 1.807) is 18.3 Å². The summed E-state index contributed by atoms with van der Waals surface area (Å²) in [6.45, 7) is 17.0. The van der Waals surface area contributed by atoms with Gasteiger partial charge in [0.05, 0.1) is 33.5 Å².